The predicted octanol–water partition coefficient (Wildman–Crippen LogP) is 3.98. The first-order valence-corrected chi connectivity index (χ1v) is 7.81. The molecule has 0 radical (unpaired) electrons. The highest BCUT2D eigenvalue weighted by Gasteiger charge is 2.27. The van der Waals surface area contributed by atoms with Gasteiger partial charge in [-0.1, -0.05) is 13.8 Å². The highest BCUT2D eigenvalue weighted by molar-refractivity contribution is 14.1. The van der Waals surface area contributed by atoms with Crippen molar-refractivity contribution in [2.45, 2.75) is 39.2 Å². The van der Waals surface area contributed by atoms with Crippen LogP contribution in [-0.2, 0) is 0 Å². The van der Waals surface area contributed by atoms with Gasteiger partial charge >= 0.3 is 0 Å². The van der Waals surface area contributed by atoms with Crippen LogP contribution >= 0.6 is 22.6 Å². The van der Waals surface area contributed by atoms with Crippen molar-refractivity contribution in [3.05, 3.63) is 33.1 Å². The molecule has 2 nitrogen and oxygen atoms in total. The van der Waals surface area contributed by atoms with Gasteiger partial charge in [0.1, 0.15) is 5.82 Å². The second kappa shape index (κ2) is 6.20. The van der Waals surface area contributed by atoms with Crippen molar-refractivity contribution in [1.29, 1.82) is 0 Å². The molecule has 1 saturated carbocycles. The predicted molar refractivity (Wildman–Crippen MR) is 82.6 cm³/mol. The molecule has 0 spiro atoms. The Balaban J connectivity index is 2.04. The molecule has 4 heteroatoms. The minimum absolute atomic E-state index is 0.0872. The maximum absolute atomic E-state index is 13.0. The number of nitrogens with one attached hydrogen (secondary N) is 1. The first kappa shape index (κ1) is 14.8. The van der Waals surface area contributed by atoms with Crippen LogP contribution in [0.1, 0.15) is 43.5 Å². The van der Waals surface area contributed by atoms with Gasteiger partial charge in [-0.05, 0) is 71.9 Å². The van der Waals surface area contributed by atoms with Gasteiger partial charge in [0.05, 0.1) is 5.56 Å². The molecule has 19 heavy (non-hydrogen) atoms. The fourth-order valence-corrected chi connectivity index (χ4v) is 3.52. The largest absolute Gasteiger partial charge is 0.349 e. The van der Waals surface area contributed by atoms with Crippen molar-refractivity contribution in [1.82, 2.24) is 5.32 Å². The Morgan fingerprint density at radius 3 is 2.74 bits per heavy atom. The summed E-state index contributed by atoms with van der Waals surface area (Å²) >= 11 is 2.00. The molecule has 0 heterocycles. The average Bonchev–Trinajstić information content (AvgIpc) is 2.32. The van der Waals surface area contributed by atoms with Gasteiger partial charge in [0, 0.05) is 9.61 Å². The van der Waals surface area contributed by atoms with Crippen molar-refractivity contribution in [2.24, 2.45) is 11.8 Å². The van der Waals surface area contributed by atoms with E-state index in [0.717, 1.165) is 25.2 Å². The molecule has 3 unspecified atom stereocenters. The zero-order valence-corrected chi connectivity index (χ0v) is 13.4. The zero-order valence-electron chi connectivity index (χ0n) is 11.2. The Labute approximate surface area is 127 Å². The van der Waals surface area contributed by atoms with Crippen molar-refractivity contribution in [3.63, 3.8) is 0 Å². The van der Waals surface area contributed by atoms with E-state index < -0.39 is 0 Å². The van der Waals surface area contributed by atoms with Crippen LogP contribution in [-0.4, -0.2) is 11.9 Å². The topological polar surface area (TPSA) is 29.1 Å². The third-order valence-electron chi connectivity index (χ3n) is 3.92. The molecule has 0 saturated heterocycles. The molecular weight excluding hydrogens is 356 g/mol. The fourth-order valence-electron chi connectivity index (χ4n) is 2.80. The molecule has 0 aliphatic heterocycles. The molecule has 1 amide bonds. The summed E-state index contributed by atoms with van der Waals surface area (Å²) < 4.78 is 13.7. The Hall–Kier alpha value is -0.650. The molecule has 1 fully saturated rings. The summed E-state index contributed by atoms with van der Waals surface area (Å²) in [5.74, 6) is 0.858. The van der Waals surface area contributed by atoms with Gasteiger partial charge in [0.25, 0.3) is 5.91 Å². The molecule has 104 valence electrons. The van der Waals surface area contributed by atoms with Gasteiger partial charge in [-0.25, -0.2) is 4.39 Å². The summed E-state index contributed by atoms with van der Waals surface area (Å²) in [4.78, 5) is 12.2. The molecule has 0 bridgehead atoms. The number of amides is 1. The first-order chi connectivity index (χ1) is 8.97. The van der Waals surface area contributed by atoms with Crippen LogP contribution in [0.4, 0.5) is 4.39 Å². The highest BCUT2D eigenvalue weighted by Crippen LogP contribution is 2.29. The number of rotatable bonds is 2. The van der Waals surface area contributed by atoms with Crippen LogP contribution in [0.3, 0.4) is 0 Å². The molecule has 1 aromatic rings. The lowest BCUT2D eigenvalue weighted by Gasteiger charge is -2.33. The lowest BCUT2D eigenvalue weighted by molar-refractivity contribution is 0.0898. The van der Waals surface area contributed by atoms with Crippen molar-refractivity contribution < 1.29 is 9.18 Å². The molecule has 1 aromatic carbocycles. The summed E-state index contributed by atoms with van der Waals surface area (Å²) in [7, 11) is 0. The van der Waals surface area contributed by atoms with Crippen molar-refractivity contribution in [3.8, 4) is 0 Å². The van der Waals surface area contributed by atoms with Crippen LogP contribution in [0.25, 0.3) is 0 Å². The number of hydrogen-bond acceptors (Lipinski definition) is 1. The summed E-state index contributed by atoms with van der Waals surface area (Å²) in [6, 6.07) is 4.53. The highest BCUT2D eigenvalue weighted by atomic mass is 127. The van der Waals surface area contributed by atoms with Gasteiger partial charge in [-0.2, -0.15) is 0 Å². The van der Waals surface area contributed by atoms with Crippen molar-refractivity contribution >= 4 is 28.5 Å². The minimum atomic E-state index is -0.305. The SMILES string of the molecule is CC1CCC(NC(=O)c2ccc(F)cc2I)C(C)C1. The fraction of sp³-hybridized carbons (Fsp3) is 0.533. The molecule has 1 aliphatic rings. The van der Waals surface area contributed by atoms with Crippen LogP contribution < -0.4 is 5.32 Å². The number of halogens is 2. The Morgan fingerprint density at radius 2 is 2.11 bits per heavy atom. The molecule has 0 aromatic heterocycles. The Bertz CT molecular complexity index is 477. The molecule has 2 rings (SSSR count). The Morgan fingerprint density at radius 1 is 1.37 bits per heavy atom. The second-order valence-electron chi connectivity index (χ2n) is 5.60. The van der Waals surface area contributed by atoms with Crippen LogP contribution in [0.15, 0.2) is 18.2 Å². The molecule has 1 aliphatic carbocycles. The lowest BCUT2D eigenvalue weighted by Crippen LogP contribution is -2.42. The van der Waals surface area contributed by atoms with Crippen molar-refractivity contribution in [2.75, 3.05) is 0 Å². The molecule has 1 N–H and O–H groups in total. The normalized spacial score (nSPS) is 27.1. The van der Waals surface area contributed by atoms with E-state index in [4.69, 9.17) is 0 Å². The van der Waals surface area contributed by atoms with E-state index in [1.165, 1.54) is 12.1 Å². The van der Waals surface area contributed by atoms with E-state index in [-0.39, 0.29) is 17.8 Å². The molecular formula is C15H19FINO. The monoisotopic (exact) mass is 375 g/mol. The van der Waals surface area contributed by atoms with E-state index >= 15 is 0 Å². The third kappa shape index (κ3) is 3.68. The second-order valence-corrected chi connectivity index (χ2v) is 6.76. The zero-order chi connectivity index (χ0) is 14.0. The maximum Gasteiger partial charge on any atom is 0.252 e. The summed E-state index contributed by atoms with van der Waals surface area (Å²) in [6.07, 6.45) is 3.35. The minimum Gasteiger partial charge on any atom is -0.349 e. The quantitative estimate of drug-likeness (QED) is 0.779. The average molecular weight is 375 g/mol. The Kier molecular flexibility index (Phi) is 4.81. The standard InChI is InChI=1S/C15H19FINO/c1-9-3-6-14(10(2)7-9)18-15(19)12-5-4-11(16)8-13(12)17/h4-5,8-10,14H,3,6-7H2,1-2H3,(H,18,19). The van der Waals surface area contributed by atoms with Gasteiger partial charge in [0.15, 0.2) is 0 Å². The van der Waals surface area contributed by atoms with E-state index in [0.29, 0.717) is 15.1 Å². The van der Waals surface area contributed by atoms with E-state index in [2.05, 4.69) is 19.2 Å². The number of carbonyl (C=O) groups excluding carboxylic acids is 1. The van der Waals surface area contributed by atoms with E-state index in [1.54, 1.807) is 6.07 Å². The number of carbonyl (C=O) groups is 1. The van der Waals surface area contributed by atoms with Crippen LogP contribution in [0.5, 0.6) is 0 Å². The lowest BCUT2D eigenvalue weighted by atomic mass is 9.80. The van der Waals surface area contributed by atoms with Gasteiger partial charge in [-0.3, -0.25) is 4.79 Å². The van der Waals surface area contributed by atoms with Gasteiger partial charge in [-0.15, -0.1) is 0 Å². The number of benzene rings is 1. The van der Waals surface area contributed by atoms with E-state index in [1.807, 2.05) is 22.6 Å². The summed E-state index contributed by atoms with van der Waals surface area (Å²) in [6.45, 7) is 4.45. The van der Waals surface area contributed by atoms with Crippen LogP contribution in [0, 0.1) is 21.2 Å². The maximum atomic E-state index is 13.0. The number of hydrogen-bond donors (Lipinski definition) is 1. The summed E-state index contributed by atoms with van der Waals surface area (Å²) in [5, 5.41) is 3.10. The van der Waals surface area contributed by atoms with Crippen LogP contribution in [0.2, 0.25) is 0 Å². The van der Waals surface area contributed by atoms with Gasteiger partial charge < -0.3 is 5.32 Å². The smallest absolute Gasteiger partial charge is 0.252 e. The summed E-state index contributed by atoms with van der Waals surface area (Å²) in [5.41, 5.74) is 0.563. The van der Waals surface area contributed by atoms with Gasteiger partial charge in [0.2, 0.25) is 0 Å². The third-order valence-corrected chi connectivity index (χ3v) is 4.82. The molecule has 3 atom stereocenters. The van der Waals surface area contributed by atoms with E-state index in [9.17, 15) is 9.18 Å². The first-order valence-electron chi connectivity index (χ1n) is 6.73.